The minimum absolute atomic E-state index is 0.202. The van der Waals surface area contributed by atoms with Crippen LogP contribution in [0.1, 0.15) is 161 Å². The summed E-state index contributed by atoms with van der Waals surface area (Å²) in [5.41, 5.74) is 7.46. The number of rotatable bonds is 27. The fraction of sp³-hybridized carbons (Fsp3) is 0.824. The zero-order valence-electron chi connectivity index (χ0n) is 25.2. The Morgan fingerprint density at radius 3 is 1.38 bits per heavy atom. The summed E-state index contributed by atoms with van der Waals surface area (Å²) < 4.78 is 12.4. The molecule has 1 aromatic carbocycles. The van der Waals surface area contributed by atoms with E-state index < -0.39 is 0 Å². The predicted molar refractivity (Wildman–Crippen MR) is 163 cm³/mol. The van der Waals surface area contributed by atoms with E-state index in [0.717, 1.165) is 50.4 Å². The number of hydrogen-bond acceptors (Lipinski definition) is 3. The molecule has 37 heavy (non-hydrogen) atoms. The van der Waals surface area contributed by atoms with E-state index in [1.54, 1.807) is 0 Å². The third-order valence-corrected chi connectivity index (χ3v) is 7.54. The van der Waals surface area contributed by atoms with Crippen LogP contribution in [0.5, 0.6) is 11.5 Å². The van der Waals surface area contributed by atoms with Crippen LogP contribution in [0.2, 0.25) is 0 Å². The highest BCUT2D eigenvalue weighted by atomic mass is 16.5. The normalized spacial score (nSPS) is 12.1. The van der Waals surface area contributed by atoms with Crippen LogP contribution >= 0.6 is 0 Å². The minimum atomic E-state index is 0.202. The number of hydrogen-bond donors (Lipinski definition) is 1. The largest absolute Gasteiger partial charge is 0.490 e. The lowest BCUT2D eigenvalue weighted by Gasteiger charge is -2.16. The van der Waals surface area contributed by atoms with Gasteiger partial charge >= 0.3 is 0 Å². The van der Waals surface area contributed by atoms with Crippen LogP contribution in [-0.2, 0) is 6.42 Å². The Bertz CT molecular complexity index is 618. The molecule has 0 heterocycles. The Morgan fingerprint density at radius 2 is 0.946 bits per heavy atom. The maximum atomic E-state index is 6.25. The van der Waals surface area contributed by atoms with E-state index in [9.17, 15) is 0 Å². The van der Waals surface area contributed by atoms with Crippen LogP contribution in [-0.4, -0.2) is 19.3 Å². The van der Waals surface area contributed by atoms with Crippen LogP contribution in [0.3, 0.4) is 0 Å². The molecule has 0 bridgehead atoms. The highest BCUT2D eigenvalue weighted by molar-refractivity contribution is 5.43. The molecule has 0 aliphatic rings. The molecule has 2 N–H and O–H groups in total. The van der Waals surface area contributed by atoms with Gasteiger partial charge in [-0.3, -0.25) is 0 Å². The number of ether oxygens (including phenoxy) is 2. The van der Waals surface area contributed by atoms with E-state index in [2.05, 4.69) is 39.0 Å². The molecular weight excluding hydrogens is 454 g/mol. The average molecular weight is 518 g/mol. The Labute approximate surface area is 231 Å². The van der Waals surface area contributed by atoms with Gasteiger partial charge in [0.1, 0.15) is 0 Å². The lowest BCUT2D eigenvalue weighted by molar-refractivity contribution is 0.258. The molecule has 0 radical (unpaired) electrons. The van der Waals surface area contributed by atoms with Crippen LogP contribution < -0.4 is 15.2 Å². The third-order valence-electron chi connectivity index (χ3n) is 7.54. The molecule has 1 atom stereocenters. The summed E-state index contributed by atoms with van der Waals surface area (Å²) >= 11 is 0. The predicted octanol–water partition coefficient (Wildman–Crippen LogP) is 10.6. The van der Waals surface area contributed by atoms with Crippen molar-refractivity contribution in [1.82, 2.24) is 0 Å². The van der Waals surface area contributed by atoms with Crippen molar-refractivity contribution in [2.45, 2.75) is 168 Å². The standard InChI is InChI=1S/C34H63NO2/c1-4-7-9-11-13-15-17-19-21-23-27-36-33-26-25-31(29-32(35)6-3)30-34(33)37-28-24-22-20-18-16-14-12-10-8-5-2/h25-26,30,32H,4-24,27-29,35H2,1-3H3. The molecule has 0 saturated heterocycles. The van der Waals surface area contributed by atoms with Gasteiger partial charge in [0.2, 0.25) is 0 Å². The van der Waals surface area contributed by atoms with Crippen molar-refractivity contribution < 1.29 is 9.47 Å². The highest BCUT2D eigenvalue weighted by Crippen LogP contribution is 2.30. The molecule has 216 valence electrons. The molecule has 3 heteroatoms. The zero-order chi connectivity index (χ0) is 26.8. The second-order valence-electron chi connectivity index (χ2n) is 11.2. The van der Waals surface area contributed by atoms with E-state index in [1.165, 1.54) is 121 Å². The summed E-state index contributed by atoms with van der Waals surface area (Å²) in [5.74, 6) is 1.81. The van der Waals surface area contributed by atoms with Gasteiger partial charge in [0.05, 0.1) is 13.2 Å². The van der Waals surface area contributed by atoms with Crippen molar-refractivity contribution in [2.75, 3.05) is 13.2 Å². The number of benzene rings is 1. The van der Waals surface area contributed by atoms with Gasteiger partial charge in [0.25, 0.3) is 0 Å². The van der Waals surface area contributed by atoms with Gasteiger partial charge in [0.15, 0.2) is 11.5 Å². The maximum Gasteiger partial charge on any atom is 0.161 e. The maximum absolute atomic E-state index is 6.25. The van der Waals surface area contributed by atoms with Gasteiger partial charge in [-0.2, -0.15) is 0 Å². The van der Waals surface area contributed by atoms with E-state index >= 15 is 0 Å². The topological polar surface area (TPSA) is 44.5 Å². The second-order valence-corrected chi connectivity index (χ2v) is 11.2. The summed E-state index contributed by atoms with van der Waals surface area (Å²) in [6, 6.07) is 6.63. The Kier molecular flexibility index (Phi) is 22.9. The second kappa shape index (κ2) is 25.1. The molecule has 0 amide bonds. The molecule has 1 aromatic rings. The summed E-state index contributed by atoms with van der Waals surface area (Å²) in [5, 5.41) is 0. The first kappa shape index (κ1) is 33.8. The average Bonchev–Trinajstić information content (AvgIpc) is 2.91. The van der Waals surface area contributed by atoms with Crippen molar-refractivity contribution in [3.05, 3.63) is 23.8 Å². The van der Waals surface area contributed by atoms with Crippen LogP contribution in [0.4, 0.5) is 0 Å². The van der Waals surface area contributed by atoms with Crippen LogP contribution in [0.15, 0.2) is 18.2 Å². The van der Waals surface area contributed by atoms with Crippen molar-refractivity contribution in [3.63, 3.8) is 0 Å². The lowest BCUT2D eigenvalue weighted by atomic mass is 10.0. The smallest absolute Gasteiger partial charge is 0.161 e. The van der Waals surface area contributed by atoms with Gasteiger partial charge in [-0.1, -0.05) is 142 Å². The van der Waals surface area contributed by atoms with Gasteiger partial charge < -0.3 is 15.2 Å². The minimum Gasteiger partial charge on any atom is -0.490 e. The fourth-order valence-corrected chi connectivity index (χ4v) is 4.90. The zero-order valence-corrected chi connectivity index (χ0v) is 25.2. The molecule has 0 aliphatic carbocycles. The quantitative estimate of drug-likeness (QED) is 0.118. The summed E-state index contributed by atoms with van der Waals surface area (Å²) in [6.07, 6.45) is 28.7. The molecular formula is C34H63NO2. The molecule has 0 saturated carbocycles. The summed E-state index contributed by atoms with van der Waals surface area (Å²) in [6.45, 7) is 8.27. The Morgan fingerprint density at radius 1 is 0.541 bits per heavy atom. The van der Waals surface area contributed by atoms with Crippen LogP contribution in [0.25, 0.3) is 0 Å². The molecule has 0 aromatic heterocycles. The first-order chi connectivity index (χ1) is 18.2. The number of nitrogens with two attached hydrogens (primary N) is 1. The van der Waals surface area contributed by atoms with Gasteiger partial charge in [-0.05, 0) is 43.4 Å². The monoisotopic (exact) mass is 517 g/mol. The fourth-order valence-electron chi connectivity index (χ4n) is 4.90. The molecule has 0 spiro atoms. The SMILES string of the molecule is CCCCCCCCCCCCOc1ccc(CC(N)CC)cc1OCCCCCCCCCCCC. The van der Waals surface area contributed by atoms with Crippen molar-refractivity contribution in [2.24, 2.45) is 5.73 Å². The van der Waals surface area contributed by atoms with E-state index in [4.69, 9.17) is 15.2 Å². The van der Waals surface area contributed by atoms with Gasteiger partial charge in [0, 0.05) is 6.04 Å². The van der Waals surface area contributed by atoms with Crippen molar-refractivity contribution in [3.8, 4) is 11.5 Å². The van der Waals surface area contributed by atoms with Crippen molar-refractivity contribution >= 4 is 0 Å². The van der Waals surface area contributed by atoms with E-state index in [-0.39, 0.29) is 6.04 Å². The van der Waals surface area contributed by atoms with E-state index in [0.29, 0.717) is 0 Å². The summed E-state index contributed by atoms with van der Waals surface area (Å²) in [4.78, 5) is 0. The molecule has 0 aliphatic heterocycles. The molecule has 1 rings (SSSR count). The molecule has 0 fully saturated rings. The Hall–Kier alpha value is -1.22. The third kappa shape index (κ3) is 19.5. The molecule has 3 nitrogen and oxygen atoms in total. The van der Waals surface area contributed by atoms with E-state index in [1.807, 2.05) is 0 Å². The first-order valence-electron chi connectivity index (χ1n) is 16.3. The highest BCUT2D eigenvalue weighted by Gasteiger charge is 2.09. The van der Waals surface area contributed by atoms with Crippen molar-refractivity contribution in [1.29, 1.82) is 0 Å². The first-order valence-corrected chi connectivity index (χ1v) is 16.3. The van der Waals surface area contributed by atoms with Gasteiger partial charge in [-0.25, -0.2) is 0 Å². The number of unbranched alkanes of at least 4 members (excludes halogenated alkanes) is 18. The lowest BCUT2D eigenvalue weighted by Crippen LogP contribution is -2.21. The van der Waals surface area contributed by atoms with Gasteiger partial charge in [-0.15, -0.1) is 0 Å². The Balaban J connectivity index is 2.30. The summed E-state index contributed by atoms with van der Waals surface area (Å²) in [7, 11) is 0. The molecule has 1 unspecified atom stereocenters. The van der Waals surface area contributed by atoms with Crippen LogP contribution in [0, 0.1) is 0 Å².